The molecule has 0 bridgehead atoms. The number of carbonyl (C=O) groups is 3. The van der Waals surface area contributed by atoms with E-state index in [2.05, 4.69) is 5.10 Å². The number of ether oxygens (including phenoxy) is 1. The van der Waals surface area contributed by atoms with Gasteiger partial charge in [-0.1, -0.05) is 6.92 Å². The summed E-state index contributed by atoms with van der Waals surface area (Å²) in [6.45, 7) is 6.97. The van der Waals surface area contributed by atoms with Gasteiger partial charge in [0.1, 0.15) is 22.9 Å². The van der Waals surface area contributed by atoms with Gasteiger partial charge in [0.25, 0.3) is 0 Å². The van der Waals surface area contributed by atoms with Crippen LogP contribution in [-0.2, 0) is 38.1 Å². The van der Waals surface area contributed by atoms with Crippen molar-refractivity contribution in [3.8, 4) is 0 Å². The van der Waals surface area contributed by atoms with Gasteiger partial charge in [0.15, 0.2) is 0 Å². The molecule has 0 N–H and O–H groups in total. The summed E-state index contributed by atoms with van der Waals surface area (Å²) in [5.74, 6) is -0.205. The molecule has 1 fully saturated rings. The van der Waals surface area contributed by atoms with Crippen molar-refractivity contribution in [2.75, 3.05) is 32.5 Å². The van der Waals surface area contributed by atoms with Crippen LogP contribution in [0.3, 0.4) is 0 Å². The number of rotatable bonds is 10. The molecule has 1 aliphatic rings. The van der Waals surface area contributed by atoms with Crippen LogP contribution in [0.5, 0.6) is 0 Å². The Kier molecular flexibility index (Phi) is 9.25. The highest BCUT2D eigenvalue weighted by Gasteiger charge is 2.32. The van der Waals surface area contributed by atoms with Gasteiger partial charge in [0, 0.05) is 31.9 Å². The molecule has 2 atom stereocenters. The Morgan fingerprint density at radius 2 is 2.09 bits per heavy atom. The minimum absolute atomic E-state index is 0.0287. The summed E-state index contributed by atoms with van der Waals surface area (Å²) >= 11 is 0. The molecule has 35 heavy (non-hydrogen) atoms. The summed E-state index contributed by atoms with van der Waals surface area (Å²) in [6.07, 6.45) is 5.52. The van der Waals surface area contributed by atoms with E-state index in [1.54, 1.807) is 42.0 Å². The van der Waals surface area contributed by atoms with Crippen molar-refractivity contribution in [2.45, 2.75) is 64.1 Å². The highest BCUT2D eigenvalue weighted by molar-refractivity contribution is 7.84. The second kappa shape index (κ2) is 12.1. The van der Waals surface area contributed by atoms with Crippen molar-refractivity contribution >= 4 is 28.6 Å². The summed E-state index contributed by atoms with van der Waals surface area (Å²) in [5, 5.41) is 4.53. The van der Waals surface area contributed by atoms with Crippen LogP contribution in [0, 0.1) is 6.92 Å². The normalized spacial score (nSPS) is 16.7. The fourth-order valence-corrected chi connectivity index (χ4v) is 5.40. The maximum absolute atomic E-state index is 13.5. The first-order valence-corrected chi connectivity index (χ1v) is 13.5. The zero-order valence-corrected chi connectivity index (χ0v) is 21.6. The topological polar surface area (TPSA) is 115 Å². The molecule has 0 spiro atoms. The van der Waals surface area contributed by atoms with Crippen LogP contribution in [-0.4, -0.2) is 80.1 Å². The van der Waals surface area contributed by atoms with Crippen LogP contribution in [0.2, 0.25) is 0 Å². The van der Waals surface area contributed by atoms with Gasteiger partial charge in [-0.05, 0) is 45.2 Å². The molecule has 1 unspecified atom stereocenters. The molecule has 0 radical (unpaired) electrons. The molecule has 11 heteroatoms. The SMILES string of the molecule is CCCN(C(=O)Cn1nc(C)c(C(=O)OCC)c1S(C)=O)[C@H]1CCCN(C(=O)Cc2ccco2)C1. The van der Waals surface area contributed by atoms with E-state index >= 15 is 0 Å². The van der Waals surface area contributed by atoms with Gasteiger partial charge in [-0.2, -0.15) is 5.10 Å². The lowest BCUT2D eigenvalue weighted by molar-refractivity contribution is -0.140. The molecule has 2 amide bonds. The summed E-state index contributed by atoms with van der Waals surface area (Å²) in [4.78, 5) is 42.3. The summed E-state index contributed by atoms with van der Waals surface area (Å²) < 4.78 is 24.3. The molecular weight excluding hydrogens is 472 g/mol. The first kappa shape index (κ1) is 26.7. The highest BCUT2D eigenvalue weighted by atomic mass is 32.2. The second-order valence-corrected chi connectivity index (χ2v) is 9.87. The molecule has 192 valence electrons. The Hall–Kier alpha value is -2.95. The van der Waals surface area contributed by atoms with E-state index in [1.807, 2.05) is 6.92 Å². The lowest BCUT2D eigenvalue weighted by atomic mass is 10.0. The molecule has 3 heterocycles. The van der Waals surface area contributed by atoms with E-state index in [4.69, 9.17) is 9.15 Å². The van der Waals surface area contributed by atoms with Crippen molar-refractivity contribution in [3.63, 3.8) is 0 Å². The third-order valence-electron chi connectivity index (χ3n) is 6.00. The number of amides is 2. The number of aryl methyl sites for hydroxylation is 1. The van der Waals surface area contributed by atoms with Gasteiger partial charge < -0.3 is 19.0 Å². The van der Waals surface area contributed by atoms with Gasteiger partial charge in [-0.3, -0.25) is 13.8 Å². The van der Waals surface area contributed by atoms with Crippen molar-refractivity contribution in [2.24, 2.45) is 0 Å². The van der Waals surface area contributed by atoms with E-state index in [9.17, 15) is 18.6 Å². The van der Waals surface area contributed by atoms with Crippen LogP contribution >= 0.6 is 0 Å². The lowest BCUT2D eigenvalue weighted by Crippen LogP contribution is -2.53. The van der Waals surface area contributed by atoms with E-state index in [-0.39, 0.29) is 48.0 Å². The lowest BCUT2D eigenvalue weighted by Gasteiger charge is -2.39. The van der Waals surface area contributed by atoms with Gasteiger partial charge in [0.2, 0.25) is 11.8 Å². The number of furan rings is 1. The standard InChI is InChI=1S/C24H34N4O6S/c1-5-11-27(18-9-7-12-26(15-18)20(29)14-19-10-8-13-34-19)21(30)16-28-23(35(4)32)22(17(3)25-28)24(31)33-6-2/h8,10,13,18H,5-7,9,11-12,14-16H2,1-4H3/t18-,35?/m0/s1. The molecule has 3 rings (SSSR count). The van der Waals surface area contributed by atoms with Gasteiger partial charge in [-0.25, -0.2) is 9.48 Å². The second-order valence-electron chi connectivity index (χ2n) is 8.58. The van der Waals surface area contributed by atoms with E-state index in [0.29, 0.717) is 31.1 Å². The molecule has 0 aromatic carbocycles. The number of esters is 1. The van der Waals surface area contributed by atoms with Crippen LogP contribution in [0.1, 0.15) is 54.9 Å². The van der Waals surface area contributed by atoms with Crippen LogP contribution < -0.4 is 0 Å². The monoisotopic (exact) mass is 506 g/mol. The molecule has 2 aromatic rings. The number of hydrogen-bond acceptors (Lipinski definition) is 7. The fourth-order valence-electron chi connectivity index (χ4n) is 4.48. The Labute approximate surface area is 208 Å². The molecular formula is C24H34N4O6S. The molecule has 0 aliphatic carbocycles. The number of carbonyl (C=O) groups excluding carboxylic acids is 3. The van der Waals surface area contributed by atoms with E-state index in [0.717, 1.165) is 19.3 Å². The van der Waals surface area contributed by atoms with Crippen LogP contribution in [0.15, 0.2) is 27.8 Å². The predicted molar refractivity (Wildman–Crippen MR) is 129 cm³/mol. The number of nitrogens with zero attached hydrogens (tertiary/aromatic N) is 4. The minimum atomic E-state index is -1.55. The van der Waals surface area contributed by atoms with Crippen molar-refractivity contribution in [1.82, 2.24) is 19.6 Å². The number of hydrogen-bond donors (Lipinski definition) is 0. The third kappa shape index (κ3) is 6.39. The average molecular weight is 507 g/mol. The maximum Gasteiger partial charge on any atom is 0.342 e. The molecule has 10 nitrogen and oxygen atoms in total. The summed E-state index contributed by atoms with van der Waals surface area (Å²) in [6, 6.07) is 3.40. The van der Waals surface area contributed by atoms with Crippen LogP contribution in [0.4, 0.5) is 0 Å². The number of piperidine rings is 1. The van der Waals surface area contributed by atoms with Crippen molar-refractivity contribution in [1.29, 1.82) is 0 Å². The minimum Gasteiger partial charge on any atom is -0.469 e. The van der Waals surface area contributed by atoms with Gasteiger partial charge in [-0.15, -0.1) is 0 Å². The summed E-state index contributed by atoms with van der Waals surface area (Å²) in [5.41, 5.74) is 0.519. The van der Waals surface area contributed by atoms with E-state index < -0.39 is 16.8 Å². The van der Waals surface area contributed by atoms with E-state index in [1.165, 1.54) is 10.9 Å². The average Bonchev–Trinajstić information content (AvgIpc) is 3.44. The molecule has 0 saturated carbocycles. The molecule has 1 aliphatic heterocycles. The smallest absolute Gasteiger partial charge is 0.342 e. The Balaban J connectivity index is 1.77. The number of aromatic nitrogens is 2. The number of likely N-dealkylation sites (tertiary alicyclic amines) is 1. The molecule has 2 aromatic heterocycles. The first-order valence-electron chi connectivity index (χ1n) is 11.9. The fraction of sp³-hybridized carbons (Fsp3) is 0.583. The first-order chi connectivity index (χ1) is 16.8. The zero-order chi connectivity index (χ0) is 25.5. The van der Waals surface area contributed by atoms with Crippen molar-refractivity contribution < 1.29 is 27.7 Å². The highest BCUT2D eigenvalue weighted by Crippen LogP contribution is 2.22. The van der Waals surface area contributed by atoms with Crippen molar-refractivity contribution in [3.05, 3.63) is 35.4 Å². The Morgan fingerprint density at radius 1 is 1.31 bits per heavy atom. The predicted octanol–water partition coefficient (Wildman–Crippen LogP) is 2.17. The zero-order valence-electron chi connectivity index (χ0n) is 20.8. The van der Waals surface area contributed by atoms with Gasteiger partial charge in [0.05, 0.1) is 35.8 Å². The summed E-state index contributed by atoms with van der Waals surface area (Å²) in [7, 11) is -1.55. The van der Waals surface area contributed by atoms with Gasteiger partial charge >= 0.3 is 5.97 Å². The molecule has 1 saturated heterocycles. The largest absolute Gasteiger partial charge is 0.469 e. The van der Waals surface area contributed by atoms with Crippen LogP contribution in [0.25, 0.3) is 0 Å². The maximum atomic E-state index is 13.5. The Morgan fingerprint density at radius 3 is 2.71 bits per heavy atom. The third-order valence-corrected chi connectivity index (χ3v) is 6.96. The Bertz CT molecular complexity index is 1060. The quantitative estimate of drug-likeness (QED) is 0.454.